The van der Waals surface area contributed by atoms with Gasteiger partial charge in [0.15, 0.2) is 0 Å². The summed E-state index contributed by atoms with van der Waals surface area (Å²) in [6, 6.07) is 12.7. The zero-order valence-electron chi connectivity index (χ0n) is 22.5. The first kappa shape index (κ1) is 36.0. The van der Waals surface area contributed by atoms with Crippen molar-refractivity contribution in [2.75, 3.05) is 0 Å². The van der Waals surface area contributed by atoms with Gasteiger partial charge in [-0.25, -0.2) is 16.8 Å². The van der Waals surface area contributed by atoms with Gasteiger partial charge < -0.3 is 9.11 Å². The van der Waals surface area contributed by atoms with Gasteiger partial charge in [0.25, 0.3) is 0 Å². The smallest absolute Gasteiger partial charge is 0.744 e. The maximum Gasteiger partial charge on any atom is 2.00 e. The molecule has 0 aromatic heterocycles. The Labute approximate surface area is 241 Å². The van der Waals surface area contributed by atoms with Crippen LogP contribution in [0.1, 0.15) is 102 Å². The predicted octanol–water partition coefficient (Wildman–Crippen LogP) is 6.61. The first-order chi connectivity index (χ1) is 17.1. The molecule has 0 unspecified atom stereocenters. The number of aryl methyl sites for hydroxylation is 2. The molecular weight excluding hydrogens is 521 g/mol. The molecule has 0 heterocycles. The summed E-state index contributed by atoms with van der Waals surface area (Å²) in [5.41, 5.74) is 1.87. The van der Waals surface area contributed by atoms with Crippen LogP contribution in [0.3, 0.4) is 0 Å². The molecule has 2 rings (SSSR count). The van der Waals surface area contributed by atoms with Gasteiger partial charge in [-0.15, -0.1) is 0 Å². The summed E-state index contributed by atoms with van der Waals surface area (Å²) in [6.07, 6.45) is 16.1. The molecule has 0 atom stereocenters. The van der Waals surface area contributed by atoms with E-state index in [0.717, 1.165) is 49.7 Å². The summed E-state index contributed by atoms with van der Waals surface area (Å²) in [6.45, 7) is 4.38. The van der Waals surface area contributed by atoms with Gasteiger partial charge in [0, 0.05) is 0 Å². The third kappa shape index (κ3) is 17.3. The minimum atomic E-state index is -4.32. The monoisotopic (exact) mass is 562 g/mol. The van der Waals surface area contributed by atoms with E-state index >= 15 is 0 Å². The Morgan fingerprint density at radius 1 is 0.541 bits per heavy atom. The van der Waals surface area contributed by atoms with Crippen LogP contribution in [0.4, 0.5) is 0 Å². The third-order valence-corrected chi connectivity index (χ3v) is 7.67. The molecule has 2 aromatic carbocycles. The third-order valence-electron chi connectivity index (χ3n) is 6.01. The Hall–Kier alpha value is -0.974. The maximum atomic E-state index is 10.9. The zero-order chi connectivity index (χ0) is 26.9. The van der Waals surface area contributed by atoms with E-state index in [4.69, 9.17) is 0 Å². The van der Waals surface area contributed by atoms with Crippen molar-refractivity contribution in [2.24, 2.45) is 0 Å². The second kappa shape index (κ2) is 20.0. The second-order valence-electron chi connectivity index (χ2n) is 9.24. The van der Waals surface area contributed by atoms with Crippen LogP contribution in [0.25, 0.3) is 0 Å². The molecule has 0 fully saturated rings. The second-order valence-corrected chi connectivity index (χ2v) is 12.0. The van der Waals surface area contributed by atoms with Crippen molar-refractivity contribution >= 4 is 43.3 Å². The molecular formula is C28H42MgO6S2. The quantitative estimate of drug-likeness (QED) is 0.129. The normalized spacial score (nSPS) is 11.4. The largest absolute Gasteiger partial charge is 2.00 e. The van der Waals surface area contributed by atoms with Gasteiger partial charge in [-0.05, 0) is 61.1 Å². The van der Waals surface area contributed by atoms with Crippen LogP contribution in [0.2, 0.25) is 0 Å². The van der Waals surface area contributed by atoms with Crippen molar-refractivity contribution in [2.45, 2.75) is 114 Å². The SMILES string of the molecule is CCCCCCCCc1cccc(S(=O)(=O)[O-])c1.CCCCCCCCc1cccc(S(=O)(=O)[O-])c1.[Mg+2]. The Balaban J connectivity index is 0.000000682. The van der Waals surface area contributed by atoms with Crippen molar-refractivity contribution in [1.82, 2.24) is 0 Å². The van der Waals surface area contributed by atoms with Gasteiger partial charge in [0.1, 0.15) is 20.2 Å². The van der Waals surface area contributed by atoms with Crippen LogP contribution < -0.4 is 0 Å². The van der Waals surface area contributed by atoms with Crippen LogP contribution in [0.15, 0.2) is 58.3 Å². The first-order valence-corrected chi connectivity index (χ1v) is 16.0. The zero-order valence-corrected chi connectivity index (χ0v) is 25.5. The van der Waals surface area contributed by atoms with Crippen molar-refractivity contribution in [3.8, 4) is 0 Å². The van der Waals surface area contributed by atoms with Crippen LogP contribution in [-0.4, -0.2) is 49.0 Å². The van der Waals surface area contributed by atoms with E-state index in [2.05, 4.69) is 13.8 Å². The molecule has 0 N–H and O–H groups in total. The van der Waals surface area contributed by atoms with Gasteiger partial charge in [-0.1, -0.05) is 102 Å². The average Bonchev–Trinajstić information content (AvgIpc) is 2.83. The van der Waals surface area contributed by atoms with Gasteiger partial charge >= 0.3 is 23.1 Å². The topological polar surface area (TPSA) is 114 Å². The van der Waals surface area contributed by atoms with Crippen LogP contribution >= 0.6 is 0 Å². The number of benzene rings is 2. The maximum absolute atomic E-state index is 10.9. The van der Waals surface area contributed by atoms with Crippen LogP contribution in [0.5, 0.6) is 0 Å². The molecule has 0 aliphatic rings. The minimum Gasteiger partial charge on any atom is -0.744 e. The molecule has 204 valence electrons. The van der Waals surface area contributed by atoms with E-state index in [1.165, 1.54) is 75.6 Å². The number of rotatable bonds is 16. The van der Waals surface area contributed by atoms with Gasteiger partial charge in [-0.3, -0.25) is 0 Å². The fraction of sp³-hybridized carbons (Fsp3) is 0.571. The standard InChI is InChI=1S/2C14H22O3S.Mg/c2*1-2-3-4-5-6-7-9-13-10-8-11-14(12-13)18(15,16)17;/h2*8,10-12H,2-7,9H2,1H3,(H,15,16,17);/q;;+2/p-2. The van der Waals surface area contributed by atoms with Gasteiger partial charge in [0.05, 0.1) is 9.79 Å². The minimum absolute atomic E-state index is 0. The Morgan fingerprint density at radius 3 is 1.19 bits per heavy atom. The predicted molar refractivity (Wildman–Crippen MR) is 149 cm³/mol. The number of hydrogen-bond acceptors (Lipinski definition) is 6. The average molecular weight is 563 g/mol. The molecule has 0 aliphatic heterocycles. The molecule has 37 heavy (non-hydrogen) atoms. The van der Waals surface area contributed by atoms with E-state index in [9.17, 15) is 25.9 Å². The Morgan fingerprint density at radius 2 is 0.865 bits per heavy atom. The van der Waals surface area contributed by atoms with Gasteiger partial charge in [-0.2, -0.15) is 0 Å². The molecule has 0 spiro atoms. The summed E-state index contributed by atoms with van der Waals surface area (Å²) in [5.74, 6) is 0. The molecule has 0 radical (unpaired) electrons. The molecule has 2 aromatic rings. The summed E-state index contributed by atoms with van der Waals surface area (Å²) in [7, 11) is -8.64. The first-order valence-electron chi connectivity index (χ1n) is 13.2. The van der Waals surface area contributed by atoms with Crippen molar-refractivity contribution in [3.05, 3.63) is 59.7 Å². The Kier molecular flexibility index (Phi) is 19.5. The van der Waals surface area contributed by atoms with Crippen molar-refractivity contribution in [1.29, 1.82) is 0 Å². The van der Waals surface area contributed by atoms with E-state index < -0.39 is 20.2 Å². The van der Waals surface area contributed by atoms with Crippen molar-refractivity contribution in [3.63, 3.8) is 0 Å². The van der Waals surface area contributed by atoms with E-state index in [0.29, 0.717) is 0 Å². The van der Waals surface area contributed by atoms with E-state index in [1.54, 1.807) is 12.1 Å². The molecule has 6 nitrogen and oxygen atoms in total. The number of unbranched alkanes of at least 4 members (excludes halogenated alkanes) is 10. The molecule has 0 aliphatic carbocycles. The molecule has 0 amide bonds. The van der Waals surface area contributed by atoms with Crippen LogP contribution in [0, 0.1) is 0 Å². The van der Waals surface area contributed by atoms with Crippen molar-refractivity contribution < 1.29 is 25.9 Å². The molecule has 9 heteroatoms. The molecule has 0 bridgehead atoms. The van der Waals surface area contributed by atoms with Gasteiger partial charge in [0.2, 0.25) is 0 Å². The summed E-state index contributed by atoms with van der Waals surface area (Å²) < 4.78 is 65.3. The summed E-state index contributed by atoms with van der Waals surface area (Å²) in [5, 5.41) is 0. The van der Waals surface area contributed by atoms with Crippen LogP contribution in [-0.2, 0) is 33.1 Å². The Bertz CT molecular complexity index is 998. The molecule has 0 saturated heterocycles. The summed E-state index contributed by atoms with van der Waals surface area (Å²) in [4.78, 5) is -0.239. The van der Waals surface area contributed by atoms with E-state index in [-0.39, 0.29) is 32.8 Å². The van der Waals surface area contributed by atoms with E-state index in [1.807, 2.05) is 12.1 Å². The fourth-order valence-corrected chi connectivity index (χ4v) is 5.01. The molecule has 0 saturated carbocycles. The summed E-state index contributed by atoms with van der Waals surface area (Å²) >= 11 is 0. The number of hydrogen-bond donors (Lipinski definition) is 0. The fourth-order valence-electron chi connectivity index (χ4n) is 3.93.